The Labute approximate surface area is 229 Å². The Morgan fingerprint density at radius 2 is 1.79 bits per heavy atom. The summed E-state index contributed by atoms with van der Waals surface area (Å²) in [5.74, 6) is 0.234. The van der Waals surface area contributed by atoms with Crippen molar-refractivity contribution in [1.29, 1.82) is 0 Å². The van der Waals surface area contributed by atoms with Gasteiger partial charge in [-0.1, -0.05) is 50.3 Å². The van der Waals surface area contributed by atoms with E-state index in [9.17, 15) is 14.0 Å². The minimum atomic E-state index is -0.557. The number of nitrogens with two attached hydrogens (primary N) is 1. The minimum absolute atomic E-state index is 0.113. The largest absolute Gasteiger partial charge is 0.457 e. The number of benzene rings is 3. The number of primary amides is 1. The first-order valence-corrected chi connectivity index (χ1v) is 14.0. The van der Waals surface area contributed by atoms with E-state index >= 15 is 0 Å². The smallest absolute Gasteiger partial charge is 0.249 e. The van der Waals surface area contributed by atoms with Crippen LogP contribution in [0.3, 0.4) is 0 Å². The highest BCUT2D eigenvalue weighted by Gasteiger charge is 2.30. The number of rotatable bonds is 10. The predicted octanol–water partition coefficient (Wildman–Crippen LogP) is 5.95. The van der Waals surface area contributed by atoms with E-state index in [2.05, 4.69) is 10.2 Å². The molecule has 3 aromatic carbocycles. The molecule has 1 heterocycles. The molecule has 6 nitrogen and oxygen atoms in total. The quantitative estimate of drug-likeness (QED) is 0.340. The normalized spacial score (nSPS) is 16.0. The van der Waals surface area contributed by atoms with Crippen LogP contribution in [0.1, 0.15) is 65.9 Å². The van der Waals surface area contributed by atoms with Gasteiger partial charge in [0.2, 0.25) is 11.8 Å². The standard InChI is InChI=1S/C32H36FN3O3/c33-24-11-14-30-23(20-24)15-17-36(30)18-16-35-32(38)29(19-22-7-3-1-4-8-22)28-21-26(12-13-27(28)31(34)37)39-25-9-5-2-6-10-25/h2,5-6,9-14,20-22,29H,1,3-4,7-8,15-19H2,(H2,34,37)(H,35,38)/t29-/m0/s1. The number of carbonyl (C=O) groups excluding carboxylic acids is 2. The lowest BCUT2D eigenvalue weighted by Crippen LogP contribution is -2.37. The van der Waals surface area contributed by atoms with Crippen molar-refractivity contribution in [3.05, 3.63) is 89.2 Å². The molecular weight excluding hydrogens is 493 g/mol. The molecule has 0 aromatic heterocycles. The molecule has 0 spiro atoms. The maximum Gasteiger partial charge on any atom is 0.249 e. The van der Waals surface area contributed by atoms with E-state index in [1.54, 1.807) is 24.3 Å². The number of hydrogen-bond acceptors (Lipinski definition) is 4. The number of carbonyl (C=O) groups is 2. The molecule has 204 valence electrons. The SMILES string of the molecule is NC(=O)c1ccc(Oc2ccccc2)cc1[C@H](CC1CCCCC1)C(=O)NCCN1CCc2cc(F)ccc21. The van der Waals surface area contributed by atoms with Crippen LogP contribution >= 0.6 is 0 Å². The van der Waals surface area contributed by atoms with E-state index in [4.69, 9.17) is 10.5 Å². The van der Waals surface area contributed by atoms with E-state index in [1.165, 1.54) is 12.5 Å². The predicted molar refractivity (Wildman–Crippen MR) is 151 cm³/mol. The lowest BCUT2D eigenvalue weighted by atomic mass is 9.79. The van der Waals surface area contributed by atoms with E-state index in [1.807, 2.05) is 36.4 Å². The van der Waals surface area contributed by atoms with E-state index in [0.29, 0.717) is 48.1 Å². The van der Waals surface area contributed by atoms with Gasteiger partial charge in [0.1, 0.15) is 17.3 Å². The van der Waals surface area contributed by atoms with Crippen LogP contribution in [0.25, 0.3) is 0 Å². The maximum absolute atomic E-state index is 13.8. The summed E-state index contributed by atoms with van der Waals surface area (Å²) in [6, 6.07) is 19.5. The molecule has 1 saturated carbocycles. The number of fused-ring (bicyclic) bond motifs is 1. The van der Waals surface area contributed by atoms with Crippen molar-refractivity contribution in [3.8, 4) is 11.5 Å². The number of ether oxygens (including phenoxy) is 1. The Morgan fingerprint density at radius 3 is 2.56 bits per heavy atom. The van der Waals surface area contributed by atoms with Crippen molar-refractivity contribution in [2.24, 2.45) is 11.7 Å². The lowest BCUT2D eigenvalue weighted by Gasteiger charge is -2.28. The molecule has 1 fully saturated rings. The Kier molecular flexibility index (Phi) is 8.45. The second-order valence-corrected chi connectivity index (χ2v) is 10.6. The van der Waals surface area contributed by atoms with Gasteiger partial charge < -0.3 is 20.7 Å². The van der Waals surface area contributed by atoms with Crippen LogP contribution in [0.5, 0.6) is 11.5 Å². The zero-order chi connectivity index (χ0) is 27.2. The van der Waals surface area contributed by atoms with Crippen LogP contribution in [0.2, 0.25) is 0 Å². The van der Waals surface area contributed by atoms with Crippen molar-refractivity contribution in [2.75, 3.05) is 24.5 Å². The van der Waals surface area contributed by atoms with Crippen molar-refractivity contribution in [3.63, 3.8) is 0 Å². The van der Waals surface area contributed by atoms with Crippen molar-refractivity contribution in [2.45, 2.75) is 50.9 Å². The molecule has 1 aliphatic carbocycles. The van der Waals surface area contributed by atoms with Crippen LogP contribution in [-0.4, -0.2) is 31.4 Å². The first-order chi connectivity index (χ1) is 19.0. The summed E-state index contributed by atoms with van der Waals surface area (Å²) in [5, 5.41) is 3.13. The van der Waals surface area contributed by atoms with Crippen molar-refractivity contribution < 1.29 is 18.7 Å². The van der Waals surface area contributed by atoms with Crippen LogP contribution in [-0.2, 0) is 11.2 Å². The van der Waals surface area contributed by atoms with Crippen molar-refractivity contribution >= 4 is 17.5 Å². The van der Waals surface area contributed by atoms with Crippen molar-refractivity contribution in [1.82, 2.24) is 5.32 Å². The average molecular weight is 530 g/mol. The molecular formula is C32H36FN3O3. The van der Waals surface area contributed by atoms with Gasteiger partial charge in [0.25, 0.3) is 0 Å². The van der Waals surface area contributed by atoms with Crippen LogP contribution in [0.4, 0.5) is 10.1 Å². The van der Waals surface area contributed by atoms with Gasteiger partial charge in [-0.15, -0.1) is 0 Å². The Bertz CT molecular complexity index is 1310. The number of nitrogens with one attached hydrogen (secondary N) is 1. The fraction of sp³-hybridized carbons (Fsp3) is 0.375. The summed E-state index contributed by atoms with van der Waals surface area (Å²) in [6.45, 7) is 1.87. The molecule has 3 N–H and O–H groups in total. The van der Waals surface area contributed by atoms with Gasteiger partial charge in [0, 0.05) is 30.9 Å². The number of halogens is 1. The Morgan fingerprint density at radius 1 is 1.00 bits per heavy atom. The molecule has 2 aliphatic rings. The highest BCUT2D eigenvalue weighted by molar-refractivity contribution is 5.97. The molecule has 5 rings (SSSR count). The minimum Gasteiger partial charge on any atom is -0.457 e. The number of hydrogen-bond donors (Lipinski definition) is 2. The zero-order valence-corrected chi connectivity index (χ0v) is 22.2. The maximum atomic E-state index is 13.8. The van der Waals surface area contributed by atoms with Gasteiger partial charge in [-0.05, 0) is 78.4 Å². The highest BCUT2D eigenvalue weighted by Crippen LogP contribution is 2.36. The second-order valence-electron chi connectivity index (χ2n) is 10.6. The highest BCUT2D eigenvalue weighted by atomic mass is 19.1. The summed E-state index contributed by atoms with van der Waals surface area (Å²) in [4.78, 5) is 28.4. The number of amides is 2. The van der Waals surface area contributed by atoms with Gasteiger partial charge in [0.15, 0.2) is 0 Å². The summed E-state index contributed by atoms with van der Waals surface area (Å²) in [6.07, 6.45) is 7.16. The van der Waals surface area contributed by atoms with Gasteiger partial charge in [-0.25, -0.2) is 4.39 Å². The summed E-state index contributed by atoms with van der Waals surface area (Å²) < 4.78 is 19.7. The third-order valence-corrected chi connectivity index (χ3v) is 7.97. The molecule has 39 heavy (non-hydrogen) atoms. The molecule has 7 heteroatoms. The third kappa shape index (κ3) is 6.59. The summed E-state index contributed by atoms with van der Waals surface area (Å²) >= 11 is 0. The zero-order valence-electron chi connectivity index (χ0n) is 22.2. The van der Waals surface area contributed by atoms with Gasteiger partial charge in [-0.3, -0.25) is 9.59 Å². The number of para-hydroxylation sites is 1. The van der Waals surface area contributed by atoms with Gasteiger partial charge in [-0.2, -0.15) is 0 Å². The molecule has 1 aliphatic heterocycles. The van der Waals surface area contributed by atoms with E-state index < -0.39 is 11.8 Å². The molecule has 0 bridgehead atoms. The molecule has 0 unspecified atom stereocenters. The molecule has 0 saturated heterocycles. The fourth-order valence-electron chi connectivity index (χ4n) is 5.98. The average Bonchev–Trinajstić information content (AvgIpc) is 3.34. The number of nitrogens with zero attached hydrogens (tertiary/aromatic N) is 1. The topological polar surface area (TPSA) is 84.7 Å². The Hall–Kier alpha value is -3.87. The first kappa shape index (κ1) is 26.7. The summed E-state index contributed by atoms with van der Waals surface area (Å²) in [5.41, 5.74) is 8.76. The monoisotopic (exact) mass is 529 g/mol. The summed E-state index contributed by atoms with van der Waals surface area (Å²) in [7, 11) is 0. The lowest BCUT2D eigenvalue weighted by molar-refractivity contribution is -0.123. The Balaban J connectivity index is 1.35. The molecule has 2 amide bonds. The molecule has 3 aromatic rings. The van der Waals surface area contributed by atoms with Crippen LogP contribution < -0.4 is 20.7 Å². The third-order valence-electron chi connectivity index (χ3n) is 7.97. The van der Waals surface area contributed by atoms with E-state index in [0.717, 1.165) is 49.9 Å². The van der Waals surface area contributed by atoms with Gasteiger partial charge >= 0.3 is 0 Å². The second kappa shape index (κ2) is 12.3. The number of anilines is 1. The van der Waals surface area contributed by atoms with E-state index in [-0.39, 0.29) is 11.7 Å². The fourth-order valence-corrected chi connectivity index (χ4v) is 5.98. The van der Waals surface area contributed by atoms with Gasteiger partial charge in [0.05, 0.1) is 5.92 Å². The molecule has 1 atom stereocenters. The molecule has 0 radical (unpaired) electrons. The van der Waals surface area contributed by atoms with Crippen LogP contribution in [0.15, 0.2) is 66.7 Å². The first-order valence-electron chi connectivity index (χ1n) is 14.0. The van der Waals surface area contributed by atoms with Crippen LogP contribution in [0, 0.1) is 11.7 Å².